The molecule has 0 atom stereocenters. The molecule has 0 saturated carbocycles. The molecule has 146 valence electrons. The van der Waals surface area contributed by atoms with Crippen molar-refractivity contribution < 1.29 is 21.6 Å². The van der Waals surface area contributed by atoms with Gasteiger partial charge in [0.25, 0.3) is 5.56 Å². The van der Waals surface area contributed by atoms with Gasteiger partial charge in [0.05, 0.1) is 12.0 Å². The van der Waals surface area contributed by atoms with Crippen molar-refractivity contribution in [1.29, 1.82) is 0 Å². The molecule has 1 heterocycles. The van der Waals surface area contributed by atoms with E-state index in [-0.39, 0.29) is 13.1 Å². The summed E-state index contributed by atoms with van der Waals surface area (Å²) in [5.74, 6) is -2.52. The fourth-order valence-corrected chi connectivity index (χ4v) is 3.52. The minimum absolute atomic E-state index is 0.0580. The molecule has 0 fully saturated rings. The predicted octanol–water partition coefficient (Wildman–Crippen LogP) is 2.31. The summed E-state index contributed by atoms with van der Waals surface area (Å²) >= 11 is 0. The molecule has 0 spiro atoms. The number of hydrogen-bond donors (Lipinski definition) is 1. The van der Waals surface area contributed by atoms with Crippen molar-refractivity contribution in [3.8, 4) is 11.3 Å². The molecule has 1 aromatic heterocycles. The molecule has 1 N–H and O–H groups in total. The number of nitrogens with zero attached hydrogens (tertiary/aromatic N) is 2. The molecule has 0 aliphatic rings. The van der Waals surface area contributed by atoms with E-state index in [1.807, 2.05) is 0 Å². The van der Waals surface area contributed by atoms with Gasteiger partial charge in [0, 0.05) is 30.8 Å². The summed E-state index contributed by atoms with van der Waals surface area (Å²) in [4.78, 5) is 15.6. The first-order valence-corrected chi connectivity index (χ1v) is 9.52. The van der Waals surface area contributed by atoms with E-state index in [1.165, 1.54) is 36.7 Å². The minimum Gasteiger partial charge on any atom is -0.298 e. The third-order valence-corrected chi connectivity index (χ3v) is 5.34. The van der Waals surface area contributed by atoms with Crippen LogP contribution in [0, 0.1) is 17.5 Å². The van der Waals surface area contributed by atoms with Crippen molar-refractivity contribution in [2.45, 2.75) is 11.4 Å². The summed E-state index contributed by atoms with van der Waals surface area (Å²) in [7, 11) is -4.21. The Morgan fingerprint density at radius 1 is 0.964 bits per heavy atom. The second kappa shape index (κ2) is 7.95. The zero-order chi connectivity index (χ0) is 20.3. The molecule has 0 amide bonds. The highest BCUT2D eigenvalue weighted by Gasteiger charge is 2.19. The summed E-state index contributed by atoms with van der Waals surface area (Å²) in [5.41, 5.74) is 0.454. The lowest BCUT2D eigenvalue weighted by Gasteiger charge is -2.09. The third kappa shape index (κ3) is 4.46. The highest BCUT2D eigenvalue weighted by molar-refractivity contribution is 7.89. The summed E-state index contributed by atoms with van der Waals surface area (Å²) in [5, 5.41) is 0. The van der Waals surface area contributed by atoms with E-state index in [0.717, 1.165) is 16.7 Å². The van der Waals surface area contributed by atoms with Crippen LogP contribution in [-0.4, -0.2) is 24.5 Å². The van der Waals surface area contributed by atoms with E-state index in [2.05, 4.69) is 9.71 Å². The van der Waals surface area contributed by atoms with E-state index < -0.39 is 37.9 Å². The van der Waals surface area contributed by atoms with Gasteiger partial charge < -0.3 is 0 Å². The second-order valence-electron chi connectivity index (χ2n) is 5.79. The van der Waals surface area contributed by atoms with E-state index in [0.29, 0.717) is 17.3 Å². The van der Waals surface area contributed by atoms with E-state index in [1.54, 1.807) is 0 Å². The summed E-state index contributed by atoms with van der Waals surface area (Å²) in [6.07, 6.45) is 1.23. The second-order valence-corrected chi connectivity index (χ2v) is 7.52. The number of nitrogens with one attached hydrogen (secondary N) is 1. The normalized spacial score (nSPS) is 11.5. The molecule has 0 bridgehead atoms. The molecule has 6 nitrogen and oxygen atoms in total. The van der Waals surface area contributed by atoms with Crippen molar-refractivity contribution in [1.82, 2.24) is 14.3 Å². The molecular formula is C18H14F3N3O3S. The van der Waals surface area contributed by atoms with Gasteiger partial charge in [-0.1, -0.05) is 0 Å². The Kier molecular flexibility index (Phi) is 5.61. The largest absolute Gasteiger partial charge is 0.298 e. The summed E-state index contributed by atoms with van der Waals surface area (Å²) in [6, 6.07) is 8.80. The van der Waals surface area contributed by atoms with E-state index >= 15 is 0 Å². The third-order valence-electron chi connectivity index (χ3n) is 3.85. The van der Waals surface area contributed by atoms with Crippen molar-refractivity contribution in [2.24, 2.45) is 0 Å². The van der Waals surface area contributed by atoms with Crippen molar-refractivity contribution in [3.05, 3.63) is 82.7 Å². The first kappa shape index (κ1) is 19.8. The van der Waals surface area contributed by atoms with Crippen LogP contribution in [0.4, 0.5) is 13.2 Å². The zero-order valence-corrected chi connectivity index (χ0v) is 15.1. The SMILES string of the molecule is O=c1cc(-c2ccc(F)cc2)ncn1CCNS(=O)(=O)c1ccc(F)cc1F. The monoisotopic (exact) mass is 409 g/mol. The Balaban J connectivity index is 1.69. The van der Waals surface area contributed by atoms with Gasteiger partial charge in [-0.3, -0.25) is 9.36 Å². The van der Waals surface area contributed by atoms with Gasteiger partial charge in [0.15, 0.2) is 0 Å². The smallest absolute Gasteiger partial charge is 0.253 e. The Labute approximate surface area is 158 Å². The van der Waals surface area contributed by atoms with Gasteiger partial charge in [-0.25, -0.2) is 31.3 Å². The number of halogens is 3. The van der Waals surface area contributed by atoms with Crippen LogP contribution in [0.2, 0.25) is 0 Å². The molecule has 0 aliphatic heterocycles. The van der Waals surface area contributed by atoms with Crippen LogP contribution in [0.5, 0.6) is 0 Å². The van der Waals surface area contributed by atoms with Crippen LogP contribution in [0.1, 0.15) is 0 Å². The Hall–Kier alpha value is -2.98. The fraction of sp³-hybridized carbons (Fsp3) is 0.111. The first-order chi connectivity index (χ1) is 13.3. The Morgan fingerprint density at radius 3 is 2.29 bits per heavy atom. The number of benzene rings is 2. The van der Waals surface area contributed by atoms with Crippen LogP contribution < -0.4 is 10.3 Å². The molecule has 10 heteroatoms. The lowest BCUT2D eigenvalue weighted by Crippen LogP contribution is -2.31. The minimum atomic E-state index is -4.21. The number of aromatic nitrogens is 2. The molecule has 3 rings (SSSR count). The molecule has 3 aromatic rings. The van der Waals surface area contributed by atoms with Crippen LogP contribution >= 0.6 is 0 Å². The lowest BCUT2D eigenvalue weighted by molar-refractivity contribution is 0.539. The number of hydrogen-bond acceptors (Lipinski definition) is 4. The highest BCUT2D eigenvalue weighted by atomic mass is 32.2. The van der Waals surface area contributed by atoms with Crippen LogP contribution in [0.3, 0.4) is 0 Å². The summed E-state index contributed by atoms with van der Waals surface area (Å²) < 4.78 is 67.0. The Morgan fingerprint density at radius 2 is 1.64 bits per heavy atom. The van der Waals surface area contributed by atoms with E-state index in [9.17, 15) is 26.4 Å². The number of rotatable bonds is 6. The molecule has 2 aromatic carbocycles. The van der Waals surface area contributed by atoms with Gasteiger partial charge in [0.2, 0.25) is 10.0 Å². The average molecular weight is 409 g/mol. The molecular weight excluding hydrogens is 395 g/mol. The van der Waals surface area contributed by atoms with Gasteiger partial charge >= 0.3 is 0 Å². The zero-order valence-electron chi connectivity index (χ0n) is 14.3. The molecule has 28 heavy (non-hydrogen) atoms. The van der Waals surface area contributed by atoms with E-state index in [4.69, 9.17) is 0 Å². The van der Waals surface area contributed by atoms with Gasteiger partial charge in [-0.05, 0) is 36.4 Å². The quantitative estimate of drug-likeness (QED) is 0.678. The molecule has 0 unspecified atom stereocenters. The van der Waals surface area contributed by atoms with Gasteiger partial charge in [0.1, 0.15) is 22.3 Å². The molecule has 0 aliphatic carbocycles. The van der Waals surface area contributed by atoms with Crippen molar-refractivity contribution >= 4 is 10.0 Å². The van der Waals surface area contributed by atoms with Crippen LogP contribution in [0.15, 0.2) is 64.5 Å². The average Bonchev–Trinajstić information content (AvgIpc) is 2.63. The van der Waals surface area contributed by atoms with Crippen LogP contribution in [0.25, 0.3) is 11.3 Å². The van der Waals surface area contributed by atoms with Crippen molar-refractivity contribution in [3.63, 3.8) is 0 Å². The maximum atomic E-state index is 13.6. The van der Waals surface area contributed by atoms with Gasteiger partial charge in [-0.15, -0.1) is 0 Å². The van der Waals surface area contributed by atoms with Gasteiger partial charge in [-0.2, -0.15) is 0 Å². The topological polar surface area (TPSA) is 81.1 Å². The number of sulfonamides is 1. The van der Waals surface area contributed by atoms with Crippen LogP contribution in [-0.2, 0) is 16.6 Å². The molecule has 0 saturated heterocycles. The maximum Gasteiger partial charge on any atom is 0.253 e. The first-order valence-electron chi connectivity index (χ1n) is 8.03. The lowest BCUT2D eigenvalue weighted by atomic mass is 10.1. The Bertz CT molecular complexity index is 1160. The predicted molar refractivity (Wildman–Crippen MR) is 95.4 cm³/mol. The molecule has 0 radical (unpaired) electrons. The fourth-order valence-electron chi connectivity index (χ4n) is 2.44. The maximum absolute atomic E-state index is 13.6. The standard InChI is InChI=1S/C18H14F3N3O3S/c19-13-3-1-12(2-4-13)16-10-18(25)24(11-22-16)8-7-23-28(26,27)17-6-5-14(20)9-15(17)21/h1-6,9-11,23H,7-8H2. The van der Waals surface area contributed by atoms with Crippen molar-refractivity contribution in [2.75, 3.05) is 6.54 Å². The highest BCUT2D eigenvalue weighted by Crippen LogP contribution is 2.16. The summed E-state index contributed by atoms with van der Waals surface area (Å²) in [6.45, 7) is -0.270.